The molecule has 88 valence electrons. The minimum absolute atomic E-state index is 0.234. The lowest BCUT2D eigenvalue weighted by molar-refractivity contribution is -0.125. The van der Waals surface area contributed by atoms with Crippen LogP contribution in [-0.4, -0.2) is 31.6 Å². The molecule has 15 heavy (non-hydrogen) atoms. The predicted octanol–water partition coefficient (Wildman–Crippen LogP) is 0.230. The lowest BCUT2D eigenvalue weighted by Gasteiger charge is -2.24. The molecule has 0 bridgehead atoms. The molecule has 1 heterocycles. The van der Waals surface area contributed by atoms with Crippen LogP contribution in [-0.2, 0) is 4.79 Å². The first-order valence-electron chi connectivity index (χ1n) is 5.76. The van der Waals surface area contributed by atoms with E-state index in [0.717, 1.165) is 19.5 Å². The fraction of sp³-hybridized carbons (Fsp3) is 0.909. The standard InChI is InChI=1S/C11H23N3O/c1-11(2,10(12)15)8-14-9-4-3-6-13-7-5-9/h9,13-14H,3-8H2,1-2H3,(H2,12,15). The molecule has 1 saturated heterocycles. The van der Waals surface area contributed by atoms with Gasteiger partial charge in [0.05, 0.1) is 5.41 Å². The molecule has 1 amide bonds. The number of carbonyl (C=O) groups is 1. The highest BCUT2D eigenvalue weighted by Crippen LogP contribution is 2.14. The maximum absolute atomic E-state index is 11.1. The van der Waals surface area contributed by atoms with Gasteiger partial charge in [-0.3, -0.25) is 4.79 Å². The third-order valence-corrected chi connectivity index (χ3v) is 3.08. The highest BCUT2D eigenvalue weighted by molar-refractivity contribution is 5.80. The summed E-state index contributed by atoms with van der Waals surface area (Å²) >= 11 is 0. The van der Waals surface area contributed by atoms with Crippen molar-refractivity contribution in [2.24, 2.45) is 11.1 Å². The topological polar surface area (TPSA) is 67.2 Å². The summed E-state index contributed by atoms with van der Waals surface area (Å²) in [4.78, 5) is 11.1. The van der Waals surface area contributed by atoms with Gasteiger partial charge in [0.1, 0.15) is 0 Å². The Morgan fingerprint density at radius 2 is 2.20 bits per heavy atom. The van der Waals surface area contributed by atoms with Crippen LogP contribution in [0.4, 0.5) is 0 Å². The van der Waals surface area contributed by atoms with Crippen LogP contribution in [0.25, 0.3) is 0 Å². The third-order valence-electron chi connectivity index (χ3n) is 3.08. The third kappa shape index (κ3) is 4.18. The molecule has 1 aliphatic rings. The van der Waals surface area contributed by atoms with Crippen LogP contribution < -0.4 is 16.4 Å². The molecule has 4 N–H and O–H groups in total. The second-order valence-electron chi connectivity index (χ2n) is 5.01. The van der Waals surface area contributed by atoms with Crippen molar-refractivity contribution in [2.75, 3.05) is 19.6 Å². The number of nitrogens with two attached hydrogens (primary N) is 1. The van der Waals surface area contributed by atoms with Crippen LogP contribution in [0.2, 0.25) is 0 Å². The lowest BCUT2D eigenvalue weighted by atomic mass is 9.92. The molecule has 4 nitrogen and oxygen atoms in total. The van der Waals surface area contributed by atoms with Gasteiger partial charge >= 0.3 is 0 Å². The van der Waals surface area contributed by atoms with Crippen molar-refractivity contribution in [3.8, 4) is 0 Å². The second kappa shape index (κ2) is 5.47. The molecule has 0 aromatic carbocycles. The van der Waals surface area contributed by atoms with Crippen molar-refractivity contribution in [3.05, 3.63) is 0 Å². The Balaban J connectivity index is 2.31. The SMILES string of the molecule is CC(C)(CNC1CCCNCC1)C(N)=O. The molecule has 4 heteroatoms. The van der Waals surface area contributed by atoms with Gasteiger partial charge in [-0.15, -0.1) is 0 Å². The van der Waals surface area contributed by atoms with Gasteiger partial charge in [0.2, 0.25) is 5.91 Å². The summed E-state index contributed by atoms with van der Waals surface area (Å²) in [5.41, 5.74) is 4.88. The minimum Gasteiger partial charge on any atom is -0.369 e. The summed E-state index contributed by atoms with van der Waals surface area (Å²) in [6, 6.07) is 0.527. The Kier molecular flexibility index (Phi) is 4.54. The Bertz CT molecular complexity index is 208. The summed E-state index contributed by atoms with van der Waals surface area (Å²) in [7, 11) is 0. The normalized spacial score (nSPS) is 23.5. The van der Waals surface area contributed by atoms with E-state index < -0.39 is 5.41 Å². The van der Waals surface area contributed by atoms with Gasteiger partial charge in [0.25, 0.3) is 0 Å². The number of hydrogen-bond acceptors (Lipinski definition) is 3. The first-order chi connectivity index (χ1) is 7.02. The monoisotopic (exact) mass is 213 g/mol. The van der Waals surface area contributed by atoms with Crippen LogP contribution in [0.1, 0.15) is 33.1 Å². The van der Waals surface area contributed by atoms with Crippen molar-refractivity contribution < 1.29 is 4.79 Å². The summed E-state index contributed by atoms with van der Waals surface area (Å²) in [5.74, 6) is -0.234. The number of amides is 1. The van der Waals surface area contributed by atoms with Crippen LogP contribution >= 0.6 is 0 Å². The molecular weight excluding hydrogens is 190 g/mol. The van der Waals surface area contributed by atoms with E-state index in [4.69, 9.17) is 5.73 Å². The van der Waals surface area contributed by atoms with E-state index in [9.17, 15) is 4.79 Å². The van der Waals surface area contributed by atoms with Crippen LogP contribution in [0.3, 0.4) is 0 Å². The van der Waals surface area contributed by atoms with E-state index in [-0.39, 0.29) is 5.91 Å². The fourth-order valence-electron chi connectivity index (χ4n) is 1.71. The maximum atomic E-state index is 11.1. The zero-order chi connectivity index (χ0) is 11.3. The Hall–Kier alpha value is -0.610. The van der Waals surface area contributed by atoms with Gasteiger partial charge in [-0.25, -0.2) is 0 Å². The Morgan fingerprint density at radius 3 is 2.87 bits per heavy atom. The molecule has 0 aliphatic carbocycles. The number of nitrogens with one attached hydrogen (secondary N) is 2. The number of primary amides is 1. The van der Waals surface area contributed by atoms with Gasteiger partial charge in [0.15, 0.2) is 0 Å². The van der Waals surface area contributed by atoms with Crippen molar-refractivity contribution in [3.63, 3.8) is 0 Å². The number of rotatable bonds is 4. The van der Waals surface area contributed by atoms with Crippen molar-refractivity contribution in [1.82, 2.24) is 10.6 Å². The van der Waals surface area contributed by atoms with Gasteiger partial charge < -0.3 is 16.4 Å². The largest absolute Gasteiger partial charge is 0.369 e. The van der Waals surface area contributed by atoms with Gasteiger partial charge in [-0.05, 0) is 46.2 Å². The fourth-order valence-corrected chi connectivity index (χ4v) is 1.71. The Morgan fingerprint density at radius 1 is 1.47 bits per heavy atom. The smallest absolute Gasteiger partial charge is 0.224 e. The average molecular weight is 213 g/mol. The molecule has 0 radical (unpaired) electrons. The van der Waals surface area contributed by atoms with Crippen LogP contribution in [0.5, 0.6) is 0 Å². The lowest BCUT2D eigenvalue weighted by Crippen LogP contribution is -2.44. The highest BCUT2D eigenvalue weighted by atomic mass is 16.1. The van der Waals surface area contributed by atoms with E-state index in [1.165, 1.54) is 12.8 Å². The van der Waals surface area contributed by atoms with E-state index in [1.807, 2.05) is 13.8 Å². The molecule has 0 aromatic rings. The van der Waals surface area contributed by atoms with E-state index in [1.54, 1.807) is 0 Å². The summed E-state index contributed by atoms with van der Waals surface area (Å²) in [6.45, 7) is 6.62. The zero-order valence-corrected chi connectivity index (χ0v) is 9.81. The second-order valence-corrected chi connectivity index (χ2v) is 5.01. The van der Waals surface area contributed by atoms with Crippen LogP contribution in [0.15, 0.2) is 0 Å². The molecule has 1 fully saturated rings. The van der Waals surface area contributed by atoms with Gasteiger partial charge in [0, 0.05) is 12.6 Å². The molecule has 0 spiro atoms. The number of hydrogen-bond donors (Lipinski definition) is 3. The molecule has 1 unspecified atom stereocenters. The molecule has 0 saturated carbocycles. The quantitative estimate of drug-likeness (QED) is 0.626. The molecule has 1 atom stereocenters. The minimum atomic E-state index is -0.445. The molecule has 1 aliphatic heterocycles. The summed E-state index contributed by atoms with van der Waals surface area (Å²) in [6.07, 6.45) is 3.52. The molecule has 1 rings (SSSR count). The van der Waals surface area contributed by atoms with Crippen molar-refractivity contribution >= 4 is 5.91 Å². The summed E-state index contributed by atoms with van der Waals surface area (Å²) < 4.78 is 0. The van der Waals surface area contributed by atoms with Crippen LogP contribution in [0, 0.1) is 5.41 Å². The Labute approximate surface area is 92.0 Å². The van der Waals surface area contributed by atoms with Crippen molar-refractivity contribution in [2.45, 2.75) is 39.2 Å². The first-order valence-corrected chi connectivity index (χ1v) is 5.76. The van der Waals surface area contributed by atoms with E-state index >= 15 is 0 Å². The molecule has 0 aromatic heterocycles. The number of carbonyl (C=O) groups excluding carboxylic acids is 1. The summed E-state index contributed by atoms with van der Waals surface area (Å²) in [5, 5.41) is 6.81. The van der Waals surface area contributed by atoms with E-state index in [0.29, 0.717) is 12.6 Å². The van der Waals surface area contributed by atoms with Crippen molar-refractivity contribution in [1.29, 1.82) is 0 Å². The van der Waals surface area contributed by atoms with Gasteiger partial charge in [-0.2, -0.15) is 0 Å². The predicted molar refractivity (Wildman–Crippen MR) is 61.5 cm³/mol. The molecular formula is C11H23N3O. The maximum Gasteiger partial charge on any atom is 0.224 e. The highest BCUT2D eigenvalue weighted by Gasteiger charge is 2.25. The zero-order valence-electron chi connectivity index (χ0n) is 9.81. The van der Waals surface area contributed by atoms with E-state index in [2.05, 4.69) is 10.6 Å². The average Bonchev–Trinajstić information content (AvgIpc) is 2.42. The van der Waals surface area contributed by atoms with Gasteiger partial charge in [-0.1, -0.05) is 0 Å². The first kappa shape index (κ1) is 12.5.